The van der Waals surface area contributed by atoms with Crippen molar-refractivity contribution < 1.29 is 9.59 Å². The van der Waals surface area contributed by atoms with Gasteiger partial charge in [0.05, 0.1) is 17.5 Å². The lowest BCUT2D eigenvalue weighted by molar-refractivity contribution is 0.0907. The van der Waals surface area contributed by atoms with Gasteiger partial charge in [-0.1, -0.05) is 20.8 Å². The van der Waals surface area contributed by atoms with Crippen LogP contribution in [0.15, 0.2) is 12.4 Å². The summed E-state index contributed by atoms with van der Waals surface area (Å²) in [5.74, 6) is -0.0634. The molecule has 162 valence electrons. The van der Waals surface area contributed by atoms with Crippen LogP contribution < -0.4 is 5.32 Å². The first-order valence-corrected chi connectivity index (χ1v) is 11.0. The van der Waals surface area contributed by atoms with Crippen molar-refractivity contribution in [1.82, 2.24) is 29.7 Å². The maximum absolute atomic E-state index is 12.7. The van der Waals surface area contributed by atoms with Gasteiger partial charge in [-0.25, -0.2) is 9.50 Å². The smallest absolute Gasteiger partial charge is 0.256 e. The monoisotopic (exact) mass is 412 g/mol. The quantitative estimate of drug-likeness (QED) is 0.727. The zero-order valence-electron chi connectivity index (χ0n) is 18.3. The summed E-state index contributed by atoms with van der Waals surface area (Å²) in [6.07, 6.45) is 5.34. The Kier molecular flexibility index (Phi) is 5.88. The summed E-state index contributed by atoms with van der Waals surface area (Å²) in [4.78, 5) is 34.5. The Balaban J connectivity index is 1.37. The normalized spacial score (nSPS) is 19.8. The van der Waals surface area contributed by atoms with Crippen molar-refractivity contribution >= 4 is 17.3 Å². The highest BCUT2D eigenvalue weighted by Gasteiger charge is 2.33. The molecule has 1 saturated heterocycles. The second-order valence-corrected chi connectivity index (χ2v) is 9.24. The highest BCUT2D eigenvalue weighted by Crippen LogP contribution is 2.34. The highest BCUT2D eigenvalue weighted by atomic mass is 16.1. The topological polar surface area (TPSA) is 82.8 Å². The SMILES string of the molecule is CCN1CCN(CCCNC(=O)c2cnn3c4c(cnc23)C(=O)CC(C)(C)C4)CC1. The van der Waals surface area contributed by atoms with Crippen LogP contribution in [0.5, 0.6) is 0 Å². The van der Waals surface area contributed by atoms with E-state index in [0.717, 1.165) is 57.8 Å². The van der Waals surface area contributed by atoms with Gasteiger partial charge in [0.2, 0.25) is 0 Å². The third-order valence-corrected chi connectivity index (χ3v) is 6.31. The molecule has 0 saturated carbocycles. The number of rotatable bonds is 6. The minimum atomic E-state index is -0.158. The fraction of sp³-hybridized carbons (Fsp3) is 0.636. The fourth-order valence-electron chi connectivity index (χ4n) is 4.52. The van der Waals surface area contributed by atoms with Crippen molar-refractivity contribution in [2.75, 3.05) is 45.8 Å². The van der Waals surface area contributed by atoms with E-state index < -0.39 is 0 Å². The van der Waals surface area contributed by atoms with Gasteiger partial charge in [-0.05, 0) is 31.3 Å². The van der Waals surface area contributed by atoms with Gasteiger partial charge in [-0.15, -0.1) is 0 Å². The van der Waals surface area contributed by atoms with Crippen LogP contribution in [-0.4, -0.2) is 81.9 Å². The Morgan fingerprint density at radius 1 is 1.13 bits per heavy atom. The molecule has 4 rings (SSSR count). The molecule has 3 heterocycles. The number of hydrogen-bond donors (Lipinski definition) is 1. The Morgan fingerprint density at radius 2 is 1.87 bits per heavy atom. The van der Waals surface area contributed by atoms with Crippen molar-refractivity contribution in [3.63, 3.8) is 0 Å². The third-order valence-electron chi connectivity index (χ3n) is 6.31. The number of Topliss-reactive ketones (excluding diaryl/α,β-unsaturated/α-hetero) is 1. The summed E-state index contributed by atoms with van der Waals surface area (Å²) in [6.45, 7) is 13.6. The number of hydrogen-bond acceptors (Lipinski definition) is 6. The van der Waals surface area contributed by atoms with Crippen LogP contribution in [0.3, 0.4) is 0 Å². The van der Waals surface area contributed by atoms with Crippen molar-refractivity contribution in [2.24, 2.45) is 5.41 Å². The number of piperazine rings is 1. The average Bonchev–Trinajstić information content (AvgIpc) is 3.15. The van der Waals surface area contributed by atoms with E-state index in [4.69, 9.17) is 0 Å². The molecular formula is C22H32N6O2. The molecule has 0 aromatic carbocycles. The summed E-state index contributed by atoms with van der Waals surface area (Å²) in [5.41, 5.74) is 2.35. The van der Waals surface area contributed by atoms with E-state index in [1.165, 1.54) is 0 Å². The summed E-state index contributed by atoms with van der Waals surface area (Å²) in [6, 6.07) is 0. The van der Waals surface area contributed by atoms with Crippen LogP contribution in [0.1, 0.15) is 60.0 Å². The number of amides is 1. The molecule has 1 amide bonds. The van der Waals surface area contributed by atoms with Gasteiger partial charge in [0, 0.05) is 45.3 Å². The number of ketones is 1. The number of nitrogens with one attached hydrogen (secondary N) is 1. The van der Waals surface area contributed by atoms with Crippen LogP contribution in [0, 0.1) is 5.41 Å². The molecular weight excluding hydrogens is 380 g/mol. The number of nitrogens with zero attached hydrogens (tertiary/aromatic N) is 5. The lowest BCUT2D eigenvalue weighted by atomic mass is 9.76. The highest BCUT2D eigenvalue weighted by molar-refractivity contribution is 6.01. The Bertz CT molecular complexity index is 942. The molecule has 8 heteroatoms. The molecule has 8 nitrogen and oxygen atoms in total. The molecule has 1 aliphatic carbocycles. The zero-order chi connectivity index (χ0) is 21.3. The number of carbonyl (C=O) groups excluding carboxylic acids is 2. The van der Waals surface area contributed by atoms with Gasteiger partial charge in [0.1, 0.15) is 5.56 Å². The minimum absolute atomic E-state index is 0.0944. The molecule has 0 unspecified atom stereocenters. The Hall–Kier alpha value is -2.32. The molecule has 1 fully saturated rings. The first kappa shape index (κ1) is 20.9. The summed E-state index contributed by atoms with van der Waals surface area (Å²) < 4.78 is 1.68. The van der Waals surface area contributed by atoms with Gasteiger partial charge in [0.15, 0.2) is 11.4 Å². The maximum Gasteiger partial charge on any atom is 0.256 e. The summed E-state index contributed by atoms with van der Waals surface area (Å²) >= 11 is 0. The minimum Gasteiger partial charge on any atom is -0.352 e. The fourth-order valence-corrected chi connectivity index (χ4v) is 4.52. The van der Waals surface area contributed by atoms with E-state index in [1.54, 1.807) is 16.9 Å². The summed E-state index contributed by atoms with van der Waals surface area (Å²) in [7, 11) is 0. The average molecular weight is 413 g/mol. The molecule has 0 spiro atoms. The number of aromatic nitrogens is 3. The van der Waals surface area contributed by atoms with E-state index in [2.05, 4.69) is 46.0 Å². The van der Waals surface area contributed by atoms with E-state index in [1.807, 2.05) is 0 Å². The van der Waals surface area contributed by atoms with Crippen molar-refractivity contribution in [3.8, 4) is 0 Å². The van der Waals surface area contributed by atoms with E-state index >= 15 is 0 Å². The van der Waals surface area contributed by atoms with Gasteiger partial charge < -0.3 is 15.1 Å². The maximum atomic E-state index is 12.7. The molecule has 0 atom stereocenters. The molecule has 1 aliphatic heterocycles. The van der Waals surface area contributed by atoms with E-state index in [0.29, 0.717) is 29.7 Å². The van der Waals surface area contributed by atoms with Crippen molar-refractivity contribution in [1.29, 1.82) is 0 Å². The lowest BCUT2D eigenvalue weighted by Crippen LogP contribution is -2.46. The largest absolute Gasteiger partial charge is 0.352 e. The third kappa shape index (κ3) is 4.25. The Labute approximate surface area is 177 Å². The van der Waals surface area contributed by atoms with Crippen molar-refractivity contribution in [3.05, 3.63) is 29.2 Å². The predicted octanol–water partition coefficient (Wildman–Crippen LogP) is 1.64. The second-order valence-electron chi connectivity index (χ2n) is 9.24. The van der Waals surface area contributed by atoms with Gasteiger partial charge in [-0.2, -0.15) is 5.10 Å². The second kappa shape index (κ2) is 8.43. The van der Waals surface area contributed by atoms with Crippen LogP contribution in [0.25, 0.3) is 5.65 Å². The molecule has 0 radical (unpaired) electrons. The van der Waals surface area contributed by atoms with Crippen LogP contribution in [-0.2, 0) is 6.42 Å². The number of carbonyl (C=O) groups is 2. The van der Waals surface area contributed by atoms with Crippen LogP contribution in [0.4, 0.5) is 0 Å². The molecule has 0 bridgehead atoms. The molecule has 2 aliphatic rings. The standard InChI is InChI=1S/C22H32N6O2/c1-4-26-8-10-27(11-9-26)7-5-6-23-21(30)17-15-25-28-18-12-22(2,3)13-19(29)16(18)14-24-20(17)28/h14-15H,4-13H2,1-3H3,(H,23,30). The first-order valence-electron chi connectivity index (χ1n) is 11.0. The zero-order valence-corrected chi connectivity index (χ0v) is 18.3. The molecule has 30 heavy (non-hydrogen) atoms. The summed E-state index contributed by atoms with van der Waals surface area (Å²) in [5, 5.41) is 7.40. The number of likely N-dealkylation sites (N-methyl/N-ethyl adjacent to an activating group) is 1. The van der Waals surface area contributed by atoms with Gasteiger partial charge >= 0.3 is 0 Å². The van der Waals surface area contributed by atoms with Crippen molar-refractivity contribution in [2.45, 2.75) is 40.0 Å². The number of fused-ring (bicyclic) bond motifs is 3. The molecule has 2 aromatic rings. The lowest BCUT2D eigenvalue weighted by Gasteiger charge is -2.33. The van der Waals surface area contributed by atoms with Crippen LogP contribution in [0.2, 0.25) is 0 Å². The predicted molar refractivity (Wildman–Crippen MR) is 115 cm³/mol. The van der Waals surface area contributed by atoms with Gasteiger partial charge in [-0.3, -0.25) is 9.59 Å². The first-order chi connectivity index (χ1) is 14.4. The van der Waals surface area contributed by atoms with Crippen LogP contribution >= 0.6 is 0 Å². The van der Waals surface area contributed by atoms with E-state index in [-0.39, 0.29) is 17.1 Å². The van der Waals surface area contributed by atoms with Gasteiger partial charge in [0.25, 0.3) is 5.91 Å². The molecule has 2 aromatic heterocycles. The van der Waals surface area contributed by atoms with E-state index in [9.17, 15) is 9.59 Å². The molecule has 1 N–H and O–H groups in total. The Morgan fingerprint density at radius 3 is 2.60 bits per heavy atom.